The maximum Gasteiger partial charge on any atom is 0.252 e. The van der Waals surface area contributed by atoms with Crippen molar-refractivity contribution in [2.24, 2.45) is 0 Å². The van der Waals surface area contributed by atoms with E-state index in [4.69, 9.17) is 23.2 Å². The third kappa shape index (κ3) is 4.45. The summed E-state index contributed by atoms with van der Waals surface area (Å²) in [6.45, 7) is 1.50. The molecule has 0 fully saturated rings. The largest absolute Gasteiger partial charge is 0.325 e. The van der Waals surface area contributed by atoms with Gasteiger partial charge in [-0.25, -0.2) is 8.42 Å². The number of hydrogen-bond donors (Lipinski definition) is 1. The molecule has 1 N–H and O–H groups in total. The van der Waals surface area contributed by atoms with Gasteiger partial charge in [-0.1, -0.05) is 23.2 Å². The van der Waals surface area contributed by atoms with Gasteiger partial charge in [-0.05, 0) is 42.8 Å². The Balaban J connectivity index is 2.07. The summed E-state index contributed by atoms with van der Waals surface area (Å²) in [7, 11) is -2.39. The highest BCUT2D eigenvalue weighted by atomic mass is 35.5. The lowest BCUT2D eigenvalue weighted by molar-refractivity contribution is -0.116. The van der Waals surface area contributed by atoms with Gasteiger partial charge in [0.05, 0.1) is 10.9 Å². The SMILES string of the molecule is Cc1cc(Cl)ccc1NC(=O)CN(C)S(=O)(=O)c1ccc(Cl)s1. The van der Waals surface area contributed by atoms with Crippen molar-refractivity contribution in [1.82, 2.24) is 4.31 Å². The predicted molar refractivity (Wildman–Crippen MR) is 94.0 cm³/mol. The molecule has 124 valence electrons. The maximum absolute atomic E-state index is 12.3. The van der Waals surface area contributed by atoms with Crippen LogP contribution in [0.2, 0.25) is 9.36 Å². The molecule has 1 aromatic heterocycles. The number of amides is 1. The van der Waals surface area contributed by atoms with Gasteiger partial charge in [0.25, 0.3) is 10.0 Å². The molecule has 9 heteroatoms. The molecule has 1 heterocycles. The number of halogens is 2. The molecule has 0 saturated heterocycles. The van der Waals surface area contributed by atoms with E-state index in [1.807, 2.05) is 0 Å². The van der Waals surface area contributed by atoms with Crippen molar-refractivity contribution in [1.29, 1.82) is 0 Å². The Hall–Kier alpha value is -1.12. The van der Waals surface area contributed by atoms with Crippen LogP contribution in [0.25, 0.3) is 0 Å². The molecule has 23 heavy (non-hydrogen) atoms. The second-order valence-electron chi connectivity index (χ2n) is 4.83. The lowest BCUT2D eigenvalue weighted by Gasteiger charge is -2.16. The van der Waals surface area contributed by atoms with E-state index in [0.29, 0.717) is 15.0 Å². The second kappa shape index (κ2) is 7.19. The molecule has 0 spiro atoms. The first-order chi connectivity index (χ1) is 10.7. The summed E-state index contributed by atoms with van der Waals surface area (Å²) in [5, 5.41) is 3.24. The first-order valence-electron chi connectivity index (χ1n) is 6.48. The van der Waals surface area contributed by atoms with Gasteiger partial charge >= 0.3 is 0 Å². The Morgan fingerprint density at radius 1 is 1.26 bits per heavy atom. The molecule has 0 radical (unpaired) electrons. The summed E-state index contributed by atoms with van der Waals surface area (Å²) in [6.07, 6.45) is 0. The first kappa shape index (κ1) is 18.2. The number of nitrogens with one attached hydrogen (secondary N) is 1. The van der Waals surface area contributed by atoms with E-state index in [1.165, 1.54) is 19.2 Å². The van der Waals surface area contributed by atoms with E-state index in [9.17, 15) is 13.2 Å². The molecular formula is C14H14Cl2N2O3S2. The van der Waals surface area contributed by atoms with Gasteiger partial charge in [0.2, 0.25) is 5.91 Å². The van der Waals surface area contributed by atoms with Crippen molar-refractivity contribution in [2.45, 2.75) is 11.1 Å². The normalized spacial score (nSPS) is 11.7. The Labute approximate surface area is 148 Å². The van der Waals surface area contributed by atoms with E-state index in [1.54, 1.807) is 25.1 Å². The number of rotatable bonds is 5. The Bertz CT molecular complexity index is 834. The number of hydrogen-bond acceptors (Lipinski definition) is 4. The first-order valence-corrected chi connectivity index (χ1v) is 9.49. The van der Waals surface area contributed by atoms with Crippen LogP contribution < -0.4 is 5.32 Å². The van der Waals surface area contributed by atoms with Crippen molar-refractivity contribution in [3.8, 4) is 0 Å². The van der Waals surface area contributed by atoms with Gasteiger partial charge in [-0.3, -0.25) is 4.79 Å². The van der Waals surface area contributed by atoms with Crippen LogP contribution in [0.3, 0.4) is 0 Å². The number of likely N-dealkylation sites (N-methyl/N-ethyl adjacent to an activating group) is 1. The minimum absolute atomic E-state index is 0.0977. The zero-order valence-corrected chi connectivity index (χ0v) is 15.5. The molecule has 2 aromatic rings. The lowest BCUT2D eigenvalue weighted by atomic mass is 10.2. The molecule has 0 saturated carbocycles. The van der Waals surface area contributed by atoms with E-state index in [2.05, 4.69) is 5.32 Å². The minimum atomic E-state index is -3.74. The summed E-state index contributed by atoms with van der Waals surface area (Å²) in [5.41, 5.74) is 1.38. The second-order valence-corrected chi connectivity index (χ2v) is 9.25. The number of aryl methyl sites for hydroxylation is 1. The summed E-state index contributed by atoms with van der Waals surface area (Å²) in [6, 6.07) is 7.96. The average molecular weight is 393 g/mol. The number of carbonyl (C=O) groups excluding carboxylic acids is 1. The van der Waals surface area contributed by atoms with Crippen LogP contribution in [0.15, 0.2) is 34.5 Å². The number of benzene rings is 1. The molecular weight excluding hydrogens is 379 g/mol. The van der Waals surface area contributed by atoms with E-state index in [-0.39, 0.29) is 10.8 Å². The van der Waals surface area contributed by atoms with Gasteiger partial charge in [0.15, 0.2) is 0 Å². The minimum Gasteiger partial charge on any atom is -0.325 e. The third-order valence-electron chi connectivity index (χ3n) is 3.04. The van der Waals surface area contributed by atoms with E-state index < -0.39 is 15.9 Å². The number of anilines is 1. The summed E-state index contributed by atoms with van der Waals surface area (Å²) < 4.78 is 26.1. The van der Waals surface area contributed by atoms with Crippen molar-refractivity contribution >= 4 is 56.2 Å². The zero-order valence-electron chi connectivity index (χ0n) is 12.3. The molecule has 5 nitrogen and oxygen atoms in total. The van der Waals surface area contributed by atoms with E-state index >= 15 is 0 Å². The Morgan fingerprint density at radius 3 is 2.52 bits per heavy atom. The van der Waals surface area contributed by atoms with E-state index in [0.717, 1.165) is 21.2 Å². The third-order valence-corrected chi connectivity index (χ3v) is 6.78. The smallest absolute Gasteiger partial charge is 0.252 e. The van der Waals surface area contributed by atoms with Crippen LogP contribution in [0, 0.1) is 6.92 Å². The fraction of sp³-hybridized carbons (Fsp3) is 0.214. The van der Waals surface area contributed by atoms with Crippen LogP contribution in [0.5, 0.6) is 0 Å². The summed E-state index contributed by atoms with van der Waals surface area (Å²) in [5.74, 6) is -0.441. The van der Waals surface area contributed by atoms with Crippen molar-refractivity contribution in [2.75, 3.05) is 18.9 Å². The summed E-state index contributed by atoms with van der Waals surface area (Å²) in [4.78, 5) is 12.1. The summed E-state index contributed by atoms with van der Waals surface area (Å²) >= 11 is 12.6. The fourth-order valence-electron chi connectivity index (χ4n) is 1.83. The zero-order chi connectivity index (χ0) is 17.2. The highest BCUT2D eigenvalue weighted by molar-refractivity contribution is 7.91. The molecule has 1 amide bonds. The van der Waals surface area contributed by atoms with Crippen molar-refractivity contribution in [3.05, 3.63) is 45.3 Å². The number of nitrogens with zero attached hydrogens (tertiary/aromatic N) is 1. The number of sulfonamides is 1. The van der Waals surface area contributed by atoms with Crippen molar-refractivity contribution < 1.29 is 13.2 Å². The molecule has 0 atom stereocenters. The highest BCUT2D eigenvalue weighted by Crippen LogP contribution is 2.27. The topological polar surface area (TPSA) is 66.5 Å². The van der Waals surface area contributed by atoms with Gasteiger partial charge in [-0.15, -0.1) is 11.3 Å². The molecule has 0 aliphatic carbocycles. The number of carbonyl (C=O) groups is 1. The Morgan fingerprint density at radius 2 is 1.96 bits per heavy atom. The fourth-order valence-corrected chi connectivity index (χ4v) is 4.88. The van der Waals surface area contributed by atoms with Crippen LogP contribution >= 0.6 is 34.5 Å². The average Bonchev–Trinajstić information content (AvgIpc) is 2.89. The lowest BCUT2D eigenvalue weighted by Crippen LogP contribution is -2.34. The Kier molecular flexibility index (Phi) is 5.70. The molecule has 2 rings (SSSR count). The quantitative estimate of drug-likeness (QED) is 0.844. The maximum atomic E-state index is 12.3. The van der Waals surface area contributed by atoms with Crippen LogP contribution in [0.4, 0.5) is 5.69 Å². The monoisotopic (exact) mass is 392 g/mol. The van der Waals surface area contributed by atoms with Gasteiger partial charge in [0.1, 0.15) is 4.21 Å². The number of thiophene rings is 1. The van der Waals surface area contributed by atoms with Crippen molar-refractivity contribution in [3.63, 3.8) is 0 Å². The molecule has 0 bridgehead atoms. The van der Waals surface area contributed by atoms with Crippen LogP contribution in [-0.4, -0.2) is 32.2 Å². The van der Waals surface area contributed by atoms with Gasteiger partial charge in [-0.2, -0.15) is 4.31 Å². The standard InChI is InChI=1S/C14H14Cl2N2O3S2/c1-9-7-10(15)3-4-11(9)17-13(19)8-18(2)23(20,21)14-6-5-12(16)22-14/h3-7H,8H2,1-2H3,(H,17,19). The van der Waals surface area contributed by atoms with Gasteiger partial charge < -0.3 is 5.32 Å². The van der Waals surface area contributed by atoms with Gasteiger partial charge in [0, 0.05) is 17.8 Å². The molecule has 0 aliphatic rings. The molecule has 0 unspecified atom stereocenters. The molecule has 1 aromatic carbocycles. The predicted octanol–water partition coefficient (Wildman–Crippen LogP) is 3.62. The van der Waals surface area contributed by atoms with Crippen LogP contribution in [0.1, 0.15) is 5.56 Å². The highest BCUT2D eigenvalue weighted by Gasteiger charge is 2.24. The van der Waals surface area contributed by atoms with Crippen LogP contribution in [-0.2, 0) is 14.8 Å². The molecule has 0 aliphatic heterocycles.